The lowest BCUT2D eigenvalue weighted by Crippen LogP contribution is -2.50. The van der Waals surface area contributed by atoms with Crippen LogP contribution in [0, 0.1) is 0 Å². The molecule has 1 aliphatic heterocycles. The molecule has 0 radical (unpaired) electrons. The molecule has 1 saturated heterocycles. The minimum atomic E-state index is -0.637. The molecule has 1 aliphatic rings. The van der Waals surface area contributed by atoms with Gasteiger partial charge in [-0.1, -0.05) is 0 Å². The van der Waals surface area contributed by atoms with Gasteiger partial charge in [-0.3, -0.25) is 4.90 Å². The number of hydrogen-bond donors (Lipinski definition) is 2. The van der Waals surface area contributed by atoms with Crippen LogP contribution in [0.2, 0.25) is 0 Å². The molecule has 6 nitrogen and oxygen atoms in total. The summed E-state index contributed by atoms with van der Waals surface area (Å²) < 4.78 is 0. The number of anilines is 1. The van der Waals surface area contributed by atoms with E-state index in [1.807, 2.05) is 13.8 Å². The molecule has 1 aromatic rings. The number of nitrogens with zero attached hydrogens (tertiary/aromatic N) is 4. The molecule has 106 valence electrons. The third-order valence-electron chi connectivity index (χ3n) is 3.19. The van der Waals surface area contributed by atoms with Gasteiger partial charge in [-0.25, -0.2) is 9.97 Å². The number of rotatable bonds is 4. The van der Waals surface area contributed by atoms with Gasteiger partial charge in [0.25, 0.3) is 0 Å². The van der Waals surface area contributed by atoms with Crippen LogP contribution >= 0.6 is 0 Å². The fraction of sp³-hybridized carbons (Fsp3) is 0.692. The lowest BCUT2D eigenvalue weighted by molar-refractivity contribution is 0.0344. The van der Waals surface area contributed by atoms with Gasteiger partial charge < -0.3 is 15.7 Å². The number of aromatic nitrogens is 2. The fourth-order valence-electron chi connectivity index (χ4n) is 2.27. The van der Waals surface area contributed by atoms with Crippen LogP contribution in [0.25, 0.3) is 0 Å². The molecule has 2 rings (SSSR count). The smallest absolute Gasteiger partial charge is 0.225 e. The maximum atomic E-state index is 9.82. The Hall–Kier alpha value is -1.24. The zero-order chi connectivity index (χ0) is 13.9. The van der Waals surface area contributed by atoms with Crippen molar-refractivity contribution in [1.82, 2.24) is 14.9 Å². The summed E-state index contributed by atoms with van der Waals surface area (Å²) in [5.74, 6) is 0.764. The Bertz CT molecular complexity index is 392. The molecule has 2 heterocycles. The number of hydrogen-bond acceptors (Lipinski definition) is 6. The van der Waals surface area contributed by atoms with Crippen LogP contribution in [0.4, 0.5) is 5.95 Å². The molecule has 0 spiro atoms. The van der Waals surface area contributed by atoms with Gasteiger partial charge in [0.05, 0.1) is 5.60 Å². The monoisotopic (exact) mass is 265 g/mol. The van der Waals surface area contributed by atoms with Crippen LogP contribution in [0.1, 0.15) is 19.4 Å². The van der Waals surface area contributed by atoms with Crippen LogP contribution in [0.5, 0.6) is 0 Å². The van der Waals surface area contributed by atoms with Crippen LogP contribution in [0.3, 0.4) is 0 Å². The SMILES string of the molecule is CC(C)(O)CN1CCN(c2ncc(CN)cn2)CC1. The van der Waals surface area contributed by atoms with E-state index in [0.717, 1.165) is 37.7 Å². The van der Waals surface area contributed by atoms with Gasteiger partial charge in [-0.2, -0.15) is 0 Å². The van der Waals surface area contributed by atoms with Crippen molar-refractivity contribution >= 4 is 5.95 Å². The van der Waals surface area contributed by atoms with Crippen molar-refractivity contribution in [1.29, 1.82) is 0 Å². The summed E-state index contributed by atoms with van der Waals surface area (Å²) in [6.07, 6.45) is 3.57. The molecular weight excluding hydrogens is 242 g/mol. The summed E-state index contributed by atoms with van der Waals surface area (Å²) in [4.78, 5) is 13.1. The Kier molecular flexibility index (Phi) is 4.34. The molecule has 0 amide bonds. The van der Waals surface area contributed by atoms with E-state index in [4.69, 9.17) is 5.73 Å². The fourth-order valence-corrected chi connectivity index (χ4v) is 2.27. The van der Waals surface area contributed by atoms with Gasteiger partial charge in [0.1, 0.15) is 0 Å². The molecule has 0 unspecified atom stereocenters. The highest BCUT2D eigenvalue weighted by molar-refractivity contribution is 5.30. The van der Waals surface area contributed by atoms with Gasteiger partial charge in [0.2, 0.25) is 5.95 Å². The van der Waals surface area contributed by atoms with Crippen LogP contribution in [0.15, 0.2) is 12.4 Å². The van der Waals surface area contributed by atoms with E-state index in [9.17, 15) is 5.11 Å². The first kappa shape index (κ1) is 14.2. The van der Waals surface area contributed by atoms with Crippen molar-refractivity contribution < 1.29 is 5.11 Å². The van der Waals surface area contributed by atoms with Crippen LogP contribution in [-0.4, -0.2) is 58.3 Å². The van der Waals surface area contributed by atoms with E-state index in [2.05, 4.69) is 19.8 Å². The lowest BCUT2D eigenvalue weighted by Gasteiger charge is -2.37. The van der Waals surface area contributed by atoms with Crippen molar-refractivity contribution in [3.8, 4) is 0 Å². The van der Waals surface area contributed by atoms with Crippen molar-refractivity contribution in [3.63, 3.8) is 0 Å². The number of aliphatic hydroxyl groups is 1. The molecule has 1 aromatic heterocycles. The lowest BCUT2D eigenvalue weighted by atomic mass is 10.1. The first-order valence-electron chi connectivity index (χ1n) is 6.68. The quantitative estimate of drug-likeness (QED) is 0.787. The first-order chi connectivity index (χ1) is 8.98. The highest BCUT2D eigenvalue weighted by Crippen LogP contribution is 2.13. The van der Waals surface area contributed by atoms with E-state index in [1.165, 1.54) is 0 Å². The predicted molar refractivity (Wildman–Crippen MR) is 74.9 cm³/mol. The van der Waals surface area contributed by atoms with Crippen molar-refractivity contribution in [3.05, 3.63) is 18.0 Å². The zero-order valence-electron chi connectivity index (χ0n) is 11.7. The largest absolute Gasteiger partial charge is 0.389 e. The first-order valence-corrected chi connectivity index (χ1v) is 6.68. The molecular formula is C13H23N5O. The summed E-state index contributed by atoms with van der Waals surface area (Å²) >= 11 is 0. The van der Waals surface area contributed by atoms with Crippen molar-refractivity contribution in [2.24, 2.45) is 5.73 Å². The van der Waals surface area contributed by atoms with E-state index in [0.29, 0.717) is 13.1 Å². The molecule has 0 atom stereocenters. The Morgan fingerprint density at radius 2 is 1.79 bits per heavy atom. The predicted octanol–water partition coefficient (Wildman–Crippen LogP) is -0.172. The summed E-state index contributed by atoms with van der Waals surface area (Å²) in [7, 11) is 0. The summed E-state index contributed by atoms with van der Waals surface area (Å²) in [6, 6.07) is 0. The van der Waals surface area contributed by atoms with Gasteiger partial charge in [0.15, 0.2) is 0 Å². The second kappa shape index (κ2) is 5.81. The maximum absolute atomic E-state index is 9.82. The summed E-state index contributed by atoms with van der Waals surface area (Å²) in [5.41, 5.74) is 5.84. The normalized spacial score (nSPS) is 17.8. The summed E-state index contributed by atoms with van der Waals surface area (Å²) in [5, 5.41) is 9.82. The molecule has 0 aliphatic carbocycles. The maximum Gasteiger partial charge on any atom is 0.225 e. The number of nitrogens with two attached hydrogens (primary N) is 1. The average Bonchev–Trinajstić information content (AvgIpc) is 2.38. The second-order valence-corrected chi connectivity index (χ2v) is 5.67. The van der Waals surface area contributed by atoms with E-state index < -0.39 is 5.60 Å². The topological polar surface area (TPSA) is 78.5 Å². The van der Waals surface area contributed by atoms with Gasteiger partial charge in [-0.15, -0.1) is 0 Å². The van der Waals surface area contributed by atoms with Gasteiger partial charge >= 0.3 is 0 Å². The highest BCUT2D eigenvalue weighted by atomic mass is 16.3. The third kappa shape index (κ3) is 4.12. The van der Waals surface area contributed by atoms with E-state index in [1.54, 1.807) is 12.4 Å². The van der Waals surface area contributed by atoms with E-state index >= 15 is 0 Å². The summed E-state index contributed by atoms with van der Waals surface area (Å²) in [6.45, 7) is 8.48. The second-order valence-electron chi connectivity index (χ2n) is 5.67. The molecule has 0 bridgehead atoms. The Morgan fingerprint density at radius 1 is 1.21 bits per heavy atom. The van der Waals surface area contributed by atoms with Gasteiger partial charge in [-0.05, 0) is 13.8 Å². The third-order valence-corrected chi connectivity index (χ3v) is 3.19. The van der Waals surface area contributed by atoms with Crippen LogP contribution < -0.4 is 10.6 Å². The zero-order valence-corrected chi connectivity index (χ0v) is 11.7. The number of β-amino-alcohol motifs (C(OH)–C–C–N with tert-alkyl or cyclic N) is 1. The number of piperazine rings is 1. The molecule has 6 heteroatoms. The van der Waals surface area contributed by atoms with Gasteiger partial charge in [0, 0.05) is 57.2 Å². The molecule has 1 fully saturated rings. The minimum absolute atomic E-state index is 0.472. The molecule has 3 N–H and O–H groups in total. The molecule has 19 heavy (non-hydrogen) atoms. The molecule has 0 saturated carbocycles. The van der Waals surface area contributed by atoms with Crippen LogP contribution in [-0.2, 0) is 6.54 Å². The highest BCUT2D eigenvalue weighted by Gasteiger charge is 2.23. The molecule has 0 aromatic carbocycles. The Balaban J connectivity index is 1.88. The standard InChI is InChI=1S/C13H23N5O/c1-13(2,19)10-17-3-5-18(6-4-17)12-15-8-11(7-14)9-16-12/h8-9,19H,3-7,10,14H2,1-2H3. The Morgan fingerprint density at radius 3 is 2.26 bits per heavy atom. The van der Waals surface area contributed by atoms with Crippen molar-refractivity contribution in [2.45, 2.75) is 26.0 Å². The van der Waals surface area contributed by atoms with Crippen molar-refractivity contribution in [2.75, 3.05) is 37.6 Å². The average molecular weight is 265 g/mol. The minimum Gasteiger partial charge on any atom is -0.389 e. The Labute approximate surface area is 114 Å². The van der Waals surface area contributed by atoms with E-state index in [-0.39, 0.29) is 0 Å².